The van der Waals surface area contributed by atoms with Gasteiger partial charge in [0.05, 0.1) is 6.26 Å². The second-order valence-electron chi connectivity index (χ2n) is 2.16. The quantitative estimate of drug-likeness (QED) is 0.441. The van der Waals surface area contributed by atoms with Gasteiger partial charge in [-0.25, -0.2) is 0 Å². The summed E-state index contributed by atoms with van der Waals surface area (Å²) in [5, 5.41) is 0. The van der Waals surface area contributed by atoms with Crippen LogP contribution in [0.4, 0.5) is 0 Å². The van der Waals surface area contributed by atoms with Crippen LogP contribution in [0.1, 0.15) is 10.6 Å². The molecule has 0 radical (unpaired) electrons. The molecule has 1 aromatic heterocycles. The maximum absolute atomic E-state index is 11.2. The van der Waals surface area contributed by atoms with Crippen molar-refractivity contribution in [1.29, 1.82) is 0 Å². The number of hydrogen-bond donors (Lipinski definition) is 0. The van der Waals surface area contributed by atoms with Crippen LogP contribution < -0.4 is 0 Å². The van der Waals surface area contributed by atoms with Crippen molar-refractivity contribution in [2.24, 2.45) is 0 Å². The average molecular weight is 217 g/mol. The van der Waals surface area contributed by atoms with E-state index in [1.54, 1.807) is 12.1 Å². The number of rotatable bonds is 3. The second kappa shape index (κ2) is 4.90. The summed E-state index contributed by atoms with van der Waals surface area (Å²) in [6.07, 6.45) is 5.62. The lowest BCUT2D eigenvalue weighted by Crippen LogP contribution is -1.89. The Morgan fingerprint density at radius 2 is 2.23 bits per heavy atom. The summed E-state index contributed by atoms with van der Waals surface area (Å²) in [6, 6.07) is 3.23. The fourth-order valence-corrected chi connectivity index (χ4v) is 0.855. The van der Waals surface area contributed by atoms with Crippen LogP contribution >= 0.6 is 23.2 Å². The molecular weight excluding hydrogens is 211 g/mol. The van der Waals surface area contributed by atoms with Gasteiger partial charge in [-0.05, 0) is 24.3 Å². The third kappa shape index (κ3) is 3.49. The number of halogens is 2. The van der Waals surface area contributed by atoms with Gasteiger partial charge in [0.25, 0.3) is 0 Å². The van der Waals surface area contributed by atoms with Crippen LogP contribution in [-0.2, 0) is 0 Å². The SMILES string of the molecule is O=C(C=CC=C(Cl)Cl)c1ccco1. The summed E-state index contributed by atoms with van der Waals surface area (Å²) in [4.78, 5) is 11.2. The molecule has 68 valence electrons. The number of furan rings is 1. The van der Waals surface area contributed by atoms with Crippen molar-refractivity contribution in [2.45, 2.75) is 0 Å². The Morgan fingerprint density at radius 3 is 2.77 bits per heavy atom. The van der Waals surface area contributed by atoms with Gasteiger partial charge in [-0.3, -0.25) is 4.79 Å². The highest BCUT2D eigenvalue weighted by atomic mass is 35.5. The van der Waals surface area contributed by atoms with Gasteiger partial charge in [0.15, 0.2) is 5.76 Å². The molecule has 0 saturated carbocycles. The maximum Gasteiger partial charge on any atom is 0.220 e. The number of allylic oxidation sites excluding steroid dienone is 3. The first kappa shape index (κ1) is 10.1. The molecule has 0 bridgehead atoms. The minimum atomic E-state index is -0.226. The zero-order valence-electron chi connectivity index (χ0n) is 6.54. The molecule has 0 N–H and O–H groups in total. The van der Waals surface area contributed by atoms with Gasteiger partial charge in [-0.15, -0.1) is 0 Å². The van der Waals surface area contributed by atoms with E-state index in [2.05, 4.69) is 0 Å². The molecule has 2 nitrogen and oxygen atoms in total. The van der Waals surface area contributed by atoms with Crippen molar-refractivity contribution >= 4 is 29.0 Å². The molecule has 13 heavy (non-hydrogen) atoms. The molecule has 0 spiro atoms. The van der Waals surface area contributed by atoms with Crippen LogP contribution in [0.3, 0.4) is 0 Å². The van der Waals surface area contributed by atoms with Gasteiger partial charge >= 0.3 is 0 Å². The molecule has 0 unspecified atom stereocenters. The lowest BCUT2D eigenvalue weighted by molar-refractivity contribution is 0.102. The van der Waals surface area contributed by atoms with Crippen molar-refractivity contribution in [3.05, 3.63) is 46.9 Å². The summed E-state index contributed by atoms with van der Waals surface area (Å²) in [5.74, 6) is 0.0613. The highest BCUT2D eigenvalue weighted by molar-refractivity contribution is 6.56. The van der Waals surface area contributed by atoms with E-state index >= 15 is 0 Å². The Balaban J connectivity index is 2.62. The molecule has 0 aromatic carbocycles. The first-order valence-electron chi connectivity index (χ1n) is 3.47. The summed E-state index contributed by atoms with van der Waals surface area (Å²) in [5.41, 5.74) is 0. The standard InChI is InChI=1S/C9H6Cl2O2/c10-9(11)5-1-3-7(12)8-4-2-6-13-8/h1-6H. The summed E-state index contributed by atoms with van der Waals surface area (Å²) < 4.78 is 4.97. The minimum Gasteiger partial charge on any atom is -0.461 e. The molecule has 4 heteroatoms. The van der Waals surface area contributed by atoms with Crippen LogP contribution in [0.15, 0.2) is 45.5 Å². The van der Waals surface area contributed by atoms with Crippen LogP contribution in [-0.4, -0.2) is 5.78 Å². The van der Waals surface area contributed by atoms with Crippen LogP contribution in [0.25, 0.3) is 0 Å². The van der Waals surface area contributed by atoms with Gasteiger partial charge in [0, 0.05) is 0 Å². The molecule has 0 aliphatic rings. The highest BCUT2D eigenvalue weighted by Gasteiger charge is 2.02. The van der Waals surface area contributed by atoms with E-state index in [1.807, 2.05) is 0 Å². The second-order valence-corrected chi connectivity index (χ2v) is 3.16. The van der Waals surface area contributed by atoms with Gasteiger partial charge in [-0.2, -0.15) is 0 Å². The van der Waals surface area contributed by atoms with Crippen LogP contribution in [0, 0.1) is 0 Å². The molecule has 0 saturated heterocycles. The van der Waals surface area contributed by atoms with E-state index in [1.165, 1.54) is 24.5 Å². The molecule has 1 heterocycles. The lowest BCUT2D eigenvalue weighted by atomic mass is 10.3. The van der Waals surface area contributed by atoms with Crippen LogP contribution in [0.5, 0.6) is 0 Å². The Labute approximate surface area is 85.4 Å². The fourth-order valence-electron chi connectivity index (χ4n) is 0.709. The van der Waals surface area contributed by atoms with E-state index in [0.717, 1.165) is 0 Å². The third-order valence-electron chi connectivity index (χ3n) is 1.23. The van der Waals surface area contributed by atoms with Gasteiger partial charge in [-0.1, -0.05) is 29.3 Å². The molecular formula is C9H6Cl2O2. The van der Waals surface area contributed by atoms with Crippen molar-refractivity contribution in [3.8, 4) is 0 Å². The zero-order valence-corrected chi connectivity index (χ0v) is 8.05. The predicted molar refractivity (Wildman–Crippen MR) is 52.0 cm³/mol. The predicted octanol–water partition coefficient (Wildman–Crippen LogP) is 3.34. The summed E-state index contributed by atoms with van der Waals surface area (Å²) in [7, 11) is 0. The fraction of sp³-hybridized carbons (Fsp3) is 0. The maximum atomic E-state index is 11.2. The summed E-state index contributed by atoms with van der Waals surface area (Å²) >= 11 is 10.7. The monoisotopic (exact) mass is 216 g/mol. The molecule has 0 atom stereocenters. The molecule has 0 fully saturated rings. The largest absolute Gasteiger partial charge is 0.461 e. The van der Waals surface area contributed by atoms with E-state index in [9.17, 15) is 4.79 Å². The van der Waals surface area contributed by atoms with Crippen LogP contribution in [0.2, 0.25) is 0 Å². The van der Waals surface area contributed by atoms with E-state index in [0.29, 0.717) is 0 Å². The van der Waals surface area contributed by atoms with Crippen molar-refractivity contribution in [2.75, 3.05) is 0 Å². The average Bonchev–Trinajstić information content (AvgIpc) is 2.55. The molecule has 0 aliphatic carbocycles. The highest BCUT2D eigenvalue weighted by Crippen LogP contribution is 2.06. The molecule has 1 rings (SSSR count). The smallest absolute Gasteiger partial charge is 0.220 e. The van der Waals surface area contributed by atoms with Crippen molar-refractivity contribution < 1.29 is 9.21 Å². The Morgan fingerprint density at radius 1 is 1.46 bits per heavy atom. The normalized spacial score (nSPS) is 10.3. The van der Waals surface area contributed by atoms with E-state index in [4.69, 9.17) is 27.6 Å². The van der Waals surface area contributed by atoms with Crippen molar-refractivity contribution in [1.82, 2.24) is 0 Å². The number of carbonyl (C=O) groups is 1. The van der Waals surface area contributed by atoms with Crippen molar-refractivity contribution in [3.63, 3.8) is 0 Å². The minimum absolute atomic E-state index is 0.100. The van der Waals surface area contributed by atoms with E-state index < -0.39 is 0 Å². The Hall–Kier alpha value is -0.990. The lowest BCUT2D eigenvalue weighted by Gasteiger charge is -1.85. The number of carbonyl (C=O) groups excluding carboxylic acids is 1. The molecule has 0 amide bonds. The molecule has 1 aromatic rings. The first-order valence-corrected chi connectivity index (χ1v) is 4.23. The van der Waals surface area contributed by atoms with E-state index in [-0.39, 0.29) is 16.0 Å². The third-order valence-corrected chi connectivity index (χ3v) is 1.49. The topological polar surface area (TPSA) is 30.2 Å². The zero-order chi connectivity index (χ0) is 9.68. The Kier molecular flexibility index (Phi) is 3.80. The first-order chi connectivity index (χ1) is 6.20. The van der Waals surface area contributed by atoms with Gasteiger partial charge < -0.3 is 4.42 Å². The number of ketones is 1. The summed E-state index contributed by atoms with van der Waals surface area (Å²) in [6.45, 7) is 0. The van der Waals surface area contributed by atoms with Gasteiger partial charge in [0.1, 0.15) is 4.49 Å². The van der Waals surface area contributed by atoms with Gasteiger partial charge in [0.2, 0.25) is 5.78 Å². The Bertz CT molecular complexity index is 333. The number of hydrogen-bond acceptors (Lipinski definition) is 2. The molecule has 0 aliphatic heterocycles.